The first-order chi connectivity index (χ1) is 13.0. The minimum absolute atomic E-state index is 0. The van der Waals surface area contributed by atoms with Gasteiger partial charge in [-0.2, -0.15) is 5.10 Å². The molecule has 1 amide bonds. The van der Waals surface area contributed by atoms with Crippen LogP contribution in [0.1, 0.15) is 50.6 Å². The maximum Gasteiger partial charge on any atom is 0.225 e. The maximum atomic E-state index is 13.1. The van der Waals surface area contributed by atoms with Gasteiger partial charge < -0.3 is 15.5 Å². The Morgan fingerprint density at radius 3 is 2.24 bits per heavy atom. The molecule has 29 heavy (non-hydrogen) atoms. The van der Waals surface area contributed by atoms with Crippen LogP contribution in [-0.2, 0) is 4.79 Å². The lowest BCUT2D eigenvalue weighted by atomic mass is 9.65. The topological polar surface area (TPSA) is 75.3 Å². The van der Waals surface area contributed by atoms with Gasteiger partial charge in [0.2, 0.25) is 5.91 Å². The number of anilines is 1. The molecular formula is C21H35Cl2N5O. The van der Waals surface area contributed by atoms with Gasteiger partial charge in [0.05, 0.1) is 5.69 Å². The number of halogens is 2. The van der Waals surface area contributed by atoms with Gasteiger partial charge in [0.15, 0.2) is 5.82 Å². The molecule has 6 nitrogen and oxygen atoms in total. The van der Waals surface area contributed by atoms with Crippen molar-refractivity contribution >= 4 is 36.5 Å². The molecule has 2 atom stereocenters. The van der Waals surface area contributed by atoms with Crippen molar-refractivity contribution in [1.82, 2.24) is 15.1 Å². The van der Waals surface area contributed by atoms with Crippen LogP contribution in [0.25, 0.3) is 0 Å². The van der Waals surface area contributed by atoms with Crippen LogP contribution in [0.5, 0.6) is 0 Å². The average Bonchev–Trinajstić information content (AvgIpc) is 2.67. The van der Waals surface area contributed by atoms with Crippen molar-refractivity contribution in [3.63, 3.8) is 0 Å². The number of aryl methyl sites for hydroxylation is 1. The molecule has 2 saturated carbocycles. The smallest absolute Gasteiger partial charge is 0.225 e. The molecule has 2 bridgehead atoms. The predicted octanol–water partition coefficient (Wildman–Crippen LogP) is 3.21. The summed E-state index contributed by atoms with van der Waals surface area (Å²) in [5.41, 5.74) is 7.33. The van der Waals surface area contributed by atoms with E-state index in [2.05, 4.69) is 27.0 Å². The Bertz CT molecular complexity index is 652. The molecular weight excluding hydrogens is 409 g/mol. The van der Waals surface area contributed by atoms with Crippen molar-refractivity contribution in [3.8, 4) is 0 Å². The van der Waals surface area contributed by atoms with E-state index < -0.39 is 0 Å². The summed E-state index contributed by atoms with van der Waals surface area (Å²) in [5, 5.41) is 8.47. The van der Waals surface area contributed by atoms with E-state index in [0.29, 0.717) is 29.8 Å². The van der Waals surface area contributed by atoms with Crippen LogP contribution in [-0.4, -0.2) is 53.2 Å². The van der Waals surface area contributed by atoms with Crippen molar-refractivity contribution in [2.24, 2.45) is 23.5 Å². The Balaban J connectivity index is 0.00000150. The quantitative estimate of drug-likeness (QED) is 0.775. The van der Waals surface area contributed by atoms with Crippen LogP contribution in [0.4, 0.5) is 5.82 Å². The molecule has 2 N–H and O–H groups in total. The van der Waals surface area contributed by atoms with Gasteiger partial charge in [0.25, 0.3) is 0 Å². The molecule has 3 fully saturated rings. The van der Waals surface area contributed by atoms with Gasteiger partial charge in [-0.1, -0.05) is 6.42 Å². The number of rotatable bonds is 3. The lowest BCUT2D eigenvalue weighted by molar-refractivity contribution is -0.139. The number of hydrogen-bond donors (Lipinski definition) is 1. The molecule has 3 aliphatic rings. The summed E-state index contributed by atoms with van der Waals surface area (Å²) in [4.78, 5) is 17.5. The summed E-state index contributed by atoms with van der Waals surface area (Å²) in [7, 11) is 2.09. The van der Waals surface area contributed by atoms with Crippen LogP contribution in [0.2, 0.25) is 0 Å². The van der Waals surface area contributed by atoms with E-state index in [1.165, 1.54) is 19.3 Å². The third-order valence-corrected chi connectivity index (χ3v) is 7.23. The van der Waals surface area contributed by atoms with Gasteiger partial charge in [-0.15, -0.1) is 29.9 Å². The number of nitrogens with zero attached hydrogens (tertiary/aromatic N) is 4. The van der Waals surface area contributed by atoms with Crippen molar-refractivity contribution in [3.05, 3.63) is 17.8 Å². The summed E-state index contributed by atoms with van der Waals surface area (Å²) in [5.74, 6) is 2.64. The zero-order chi connectivity index (χ0) is 19.0. The van der Waals surface area contributed by atoms with Gasteiger partial charge in [0.1, 0.15) is 0 Å². The van der Waals surface area contributed by atoms with Crippen molar-refractivity contribution in [2.45, 2.75) is 64.0 Å². The highest BCUT2D eigenvalue weighted by Gasteiger charge is 2.42. The fraction of sp³-hybridized carbons (Fsp3) is 0.762. The van der Waals surface area contributed by atoms with Crippen LogP contribution in [0, 0.1) is 24.7 Å². The molecule has 2 unspecified atom stereocenters. The molecule has 8 heteroatoms. The lowest BCUT2D eigenvalue weighted by Gasteiger charge is -2.45. The number of amides is 1. The number of likely N-dealkylation sites (tertiary alicyclic amines) is 1. The Morgan fingerprint density at radius 1 is 1.07 bits per heavy atom. The third-order valence-electron chi connectivity index (χ3n) is 7.23. The summed E-state index contributed by atoms with van der Waals surface area (Å²) >= 11 is 0. The normalized spacial score (nSPS) is 29.4. The van der Waals surface area contributed by atoms with Crippen LogP contribution in [0.3, 0.4) is 0 Å². The zero-order valence-electron chi connectivity index (χ0n) is 17.5. The molecule has 0 spiro atoms. The van der Waals surface area contributed by atoms with Crippen LogP contribution in [0.15, 0.2) is 12.1 Å². The van der Waals surface area contributed by atoms with Gasteiger partial charge >= 0.3 is 0 Å². The molecule has 1 saturated heterocycles. The van der Waals surface area contributed by atoms with Gasteiger partial charge in [-0.3, -0.25) is 4.79 Å². The maximum absolute atomic E-state index is 13.1. The molecule has 2 aliphatic carbocycles. The minimum Gasteiger partial charge on any atom is -0.355 e. The Labute approximate surface area is 186 Å². The molecule has 0 aromatic carbocycles. The highest BCUT2D eigenvalue weighted by molar-refractivity contribution is 5.85. The SMILES string of the molecule is Cc1ccc(N(C)C2CCN(C(=O)C3CC4CCCC(C3)C4N)CC2)nn1.Cl.Cl. The largest absolute Gasteiger partial charge is 0.355 e. The zero-order valence-corrected chi connectivity index (χ0v) is 19.1. The highest BCUT2D eigenvalue weighted by atomic mass is 35.5. The Kier molecular flexibility index (Phi) is 8.56. The fourth-order valence-electron chi connectivity index (χ4n) is 5.49. The summed E-state index contributed by atoms with van der Waals surface area (Å²) in [6.07, 6.45) is 7.74. The first-order valence-electron chi connectivity index (χ1n) is 10.6. The molecule has 164 valence electrons. The molecule has 1 aromatic rings. The number of fused-ring (bicyclic) bond motifs is 2. The summed E-state index contributed by atoms with van der Waals surface area (Å²) < 4.78 is 0. The molecule has 2 heterocycles. The molecule has 4 rings (SSSR count). The van der Waals surface area contributed by atoms with E-state index in [9.17, 15) is 4.79 Å². The van der Waals surface area contributed by atoms with Crippen LogP contribution >= 0.6 is 24.8 Å². The standard InChI is InChI=1S/C21H33N5O.2ClH/c1-14-6-7-19(24-23-14)25(2)18-8-10-26(11-9-18)21(27)17-12-15-4-3-5-16(13-17)20(15)22;;/h6-7,15-18,20H,3-5,8-13,22H2,1-2H3;2*1H. The Hall–Kier alpha value is -1.11. The van der Waals surface area contributed by atoms with Crippen LogP contribution < -0.4 is 10.6 Å². The van der Waals surface area contributed by atoms with Crippen molar-refractivity contribution < 1.29 is 4.79 Å². The van der Waals surface area contributed by atoms with Gasteiger partial charge in [-0.05, 0) is 69.4 Å². The monoisotopic (exact) mass is 443 g/mol. The van der Waals surface area contributed by atoms with E-state index in [1.807, 2.05) is 19.1 Å². The second-order valence-corrected chi connectivity index (χ2v) is 8.90. The van der Waals surface area contributed by atoms with E-state index >= 15 is 0 Å². The lowest BCUT2D eigenvalue weighted by Crippen LogP contribution is -2.52. The number of piperidine rings is 1. The predicted molar refractivity (Wildman–Crippen MR) is 121 cm³/mol. The fourth-order valence-corrected chi connectivity index (χ4v) is 5.49. The average molecular weight is 444 g/mol. The molecule has 0 radical (unpaired) electrons. The van der Waals surface area contributed by atoms with E-state index in [0.717, 1.165) is 50.3 Å². The second kappa shape index (κ2) is 10.3. The van der Waals surface area contributed by atoms with E-state index in [1.54, 1.807) is 0 Å². The molecule has 1 aliphatic heterocycles. The summed E-state index contributed by atoms with van der Waals surface area (Å²) in [6.45, 7) is 3.66. The third kappa shape index (κ3) is 5.15. The number of nitrogens with two attached hydrogens (primary N) is 1. The second-order valence-electron chi connectivity index (χ2n) is 8.90. The molecule has 1 aromatic heterocycles. The summed E-state index contributed by atoms with van der Waals surface area (Å²) in [6, 6.07) is 4.79. The van der Waals surface area contributed by atoms with Gasteiger partial charge in [0, 0.05) is 38.1 Å². The van der Waals surface area contributed by atoms with Crippen molar-refractivity contribution in [1.29, 1.82) is 0 Å². The Morgan fingerprint density at radius 2 is 1.69 bits per heavy atom. The first kappa shape index (κ1) is 24.2. The number of carbonyl (C=O) groups is 1. The van der Waals surface area contributed by atoms with Crippen molar-refractivity contribution in [2.75, 3.05) is 25.0 Å². The van der Waals surface area contributed by atoms with Gasteiger partial charge in [-0.25, -0.2) is 0 Å². The van der Waals surface area contributed by atoms with E-state index in [4.69, 9.17) is 5.73 Å². The minimum atomic E-state index is 0. The number of carbonyl (C=O) groups excluding carboxylic acids is 1. The van der Waals surface area contributed by atoms with E-state index in [-0.39, 0.29) is 30.7 Å². The first-order valence-corrected chi connectivity index (χ1v) is 10.6. The highest BCUT2D eigenvalue weighted by Crippen LogP contribution is 2.42. The number of aromatic nitrogens is 2. The number of hydrogen-bond acceptors (Lipinski definition) is 5.